The van der Waals surface area contributed by atoms with Gasteiger partial charge in [-0.15, -0.1) is 0 Å². The highest BCUT2D eigenvalue weighted by Gasteiger charge is 2.26. The fourth-order valence-corrected chi connectivity index (χ4v) is 2.59. The second-order valence-corrected chi connectivity index (χ2v) is 4.91. The minimum atomic E-state index is -0.0900. The molecular weight excluding hydrogens is 212 g/mol. The van der Waals surface area contributed by atoms with Crippen LogP contribution in [0.1, 0.15) is 31.9 Å². The first-order chi connectivity index (χ1) is 8.29. The molecule has 0 saturated heterocycles. The number of aliphatic hydroxyl groups excluding tert-OH is 1. The number of hydrogen-bond donors (Lipinski definition) is 1. The Labute approximate surface area is 103 Å². The summed E-state index contributed by atoms with van der Waals surface area (Å²) < 4.78 is 0. The van der Waals surface area contributed by atoms with Crippen molar-refractivity contribution in [2.24, 2.45) is 5.92 Å². The van der Waals surface area contributed by atoms with Crippen molar-refractivity contribution in [2.75, 3.05) is 13.1 Å². The molecule has 17 heavy (non-hydrogen) atoms. The van der Waals surface area contributed by atoms with E-state index in [0.29, 0.717) is 5.92 Å². The maximum Gasteiger partial charge on any atom is 0.0580 e. The molecule has 3 heteroatoms. The SMILES string of the molecule is CCN(Cc1ccccn1)CC1CCCC1O. The van der Waals surface area contributed by atoms with E-state index in [4.69, 9.17) is 0 Å². The minimum absolute atomic E-state index is 0.0900. The van der Waals surface area contributed by atoms with E-state index in [-0.39, 0.29) is 6.10 Å². The van der Waals surface area contributed by atoms with Crippen LogP contribution in [0.2, 0.25) is 0 Å². The summed E-state index contributed by atoms with van der Waals surface area (Å²) in [4.78, 5) is 6.73. The van der Waals surface area contributed by atoms with Crippen molar-refractivity contribution < 1.29 is 5.11 Å². The molecule has 0 spiro atoms. The topological polar surface area (TPSA) is 36.4 Å². The van der Waals surface area contributed by atoms with E-state index in [1.165, 1.54) is 12.8 Å². The van der Waals surface area contributed by atoms with Gasteiger partial charge in [-0.25, -0.2) is 0 Å². The number of aromatic nitrogens is 1. The van der Waals surface area contributed by atoms with Crippen LogP contribution in [0.4, 0.5) is 0 Å². The van der Waals surface area contributed by atoms with Crippen LogP contribution in [0.3, 0.4) is 0 Å². The van der Waals surface area contributed by atoms with Crippen LogP contribution in [0, 0.1) is 5.92 Å². The Morgan fingerprint density at radius 1 is 1.41 bits per heavy atom. The molecular formula is C14H22N2O. The maximum absolute atomic E-state index is 9.86. The van der Waals surface area contributed by atoms with E-state index in [1.54, 1.807) is 0 Å². The standard InChI is InChI=1S/C14H22N2O/c1-2-16(10-12-6-5-8-14(12)17)11-13-7-3-4-9-15-13/h3-4,7,9,12,14,17H,2,5-6,8,10-11H2,1H3. The molecule has 2 unspecified atom stereocenters. The van der Waals surface area contributed by atoms with Gasteiger partial charge in [0.05, 0.1) is 11.8 Å². The second kappa shape index (κ2) is 6.12. The quantitative estimate of drug-likeness (QED) is 0.847. The van der Waals surface area contributed by atoms with Gasteiger partial charge in [-0.3, -0.25) is 9.88 Å². The lowest BCUT2D eigenvalue weighted by molar-refractivity contribution is 0.101. The first kappa shape index (κ1) is 12.5. The molecule has 2 rings (SSSR count). The van der Waals surface area contributed by atoms with Crippen molar-refractivity contribution in [2.45, 2.75) is 38.8 Å². The van der Waals surface area contributed by atoms with Gasteiger partial charge in [0.15, 0.2) is 0 Å². The van der Waals surface area contributed by atoms with Crippen LogP contribution in [0.15, 0.2) is 24.4 Å². The predicted octanol–water partition coefficient (Wildman–Crippen LogP) is 2.06. The number of aliphatic hydroxyl groups is 1. The Kier molecular flexibility index (Phi) is 4.51. The zero-order valence-corrected chi connectivity index (χ0v) is 10.5. The molecule has 0 amide bonds. The summed E-state index contributed by atoms with van der Waals surface area (Å²) in [5, 5.41) is 9.86. The summed E-state index contributed by atoms with van der Waals surface area (Å²) >= 11 is 0. The smallest absolute Gasteiger partial charge is 0.0580 e. The monoisotopic (exact) mass is 234 g/mol. The molecule has 3 nitrogen and oxygen atoms in total. The maximum atomic E-state index is 9.86. The second-order valence-electron chi connectivity index (χ2n) is 4.91. The highest BCUT2D eigenvalue weighted by molar-refractivity contribution is 5.03. The molecule has 1 aromatic heterocycles. The summed E-state index contributed by atoms with van der Waals surface area (Å²) in [5.41, 5.74) is 1.11. The zero-order chi connectivity index (χ0) is 12.1. The molecule has 1 N–H and O–H groups in total. The number of pyridine rings is 1. The van der Waals surface area contributed by atoms with Crippen LogP contribution in [-0.4, -0.2) is 34.2 Å². The molecule has 1 heterocycles. The third kappa shape index (κ3) is 3.51. The van der Waals surface area contributed by atoms with E-state index < -0.39 is 0 Å². The third-order valence-corrected chi connectivity index (χ3v) is 3.67. The van der Waals surface area contributed by atoms with Gasteiger partial charge in [0.25, 0.3) is 0 Å². The van der Waals surface area contributed by atoms with Gasteiger partial charge in [-0.1, -0.05) is 19.4 Å². The van der Waals surface area contributed by atoms with Gasteiger partial charge in [-0.2, -0.15) is 0 Å². The Balaban J connectivity index is 1.88. The molecule has 1 aliphatic carbocycles. The fourth-order valence-electron chi connectivity index (χ4n) is 2.59. The van der Waals surface area contributed by atoms with Crippen molar-refractivity contribution in [3.63, 3.8) is 0 Å². The van der Waals surface area contributed by atoms with Crippen molar-refractivity contribution in [1.82, 2.24) is 9.88 Å². The molecule has 0 aromatic carbocycles. The Morgan fingerprint density at radius 2 is 2.29 bits per heavy atom. The molecule has 2 atom stereocenters. The normalized spacial score (nSPS) is 24.4. The minimum Gasteiger partial charge on any atom is -0.393 e. The number of nitrogens with zero attached hydrogens (tertiary/aromatic N) is 2. The molecule has 1 aromatic rings. The molecule has 0 bridgehead atoms. The third-order valence-electron chi connectivity index (χ3n) is 3.67. The average Bonchev–Trinajstić information content (AvgIpc) is 2.75. The zero-order valence-electron chi connectivity index (χ0n) is 10.5. The van der Waals surface area contributed by atoms with Gasteiger partial charge < -0.3 is 5.11 Å². The predicted molar refractivity (Wildman–Crippen MR) is 68.5 cm³/mol. The van der Waals surface area contributed by atoms with Gasteiger partial charge in [0, 0.05) is 19.3 Å². The fraction of sp³-hybridized carbons (Fsp3) is 0.643. The summed E-state index contributed by atoms with van der Waals surface area (Å²) in [6, 6.07) is 6.04. The number of rotatable bonds is 5. The summed E-state index contributed by atoms with van der Waals surface area (Å²) in [6.45, 7) is 5.07. The van der Waals surface area contributed by atoms with E-state index in [2.05, 4.69) is 22.9 Å². The van der Waals surface area contributed by atoms with Crippen LogP contribution in [-0.2, 0) is 6.54 Å². The van der Waals surface area contributed by atoms with Crippen molar-refractivity contribution in [3.05, 3.63) is 30.1 Å². The molecule has 0 radical (unpaired) electrons. The van der Waals surface area contributed by atoms with Crippen molar-refractivity contribution in [1.29, 1.82) is 0 Å². The van der Waals surface area contributed by atoms with Gasteiger partial charge in [0.1, 0.15) is 0 Å². The Hall–Kier alpha value is -0.930. The first-order valence-corrected chi connectivity index (χ1v) is 6.60. The van der Waals surface area contributed by atoms with E-state index >= 15 is 0 Å². The lowest BCUT2D eigenvalue weighted by Crippen LogP contribution is -2.32. The highest BCUT2D eigenvalue weighted by atomic mass is 16.3. The van der Waals surface area contributed by atoms with E-state index in [0.717, 1.165) is 31.7 Å². The highest BCUT2D eigenvalue weighted by Crippen LogP contribution is 2.26. The average molecular weight is 234 g/mol. The molecule has 94 valence electrons. The van der Waals surface area contributed by atoms with E-state index in [9.17, 15) is 5.11 Å². The van der Waals surface area contributed by atoms with Crippen molar-refractivity contribution in [3.8, 4) is 0 Å². The van der Waals surface area contributed by atoms with E-state index in [1.807, 2.05) is 18.3 Å². The van der Waals surface area contributed by atoms with Gasteiger partial charge in [0.2, 0.25) is 0 Å². The molecule has 1 fully saturated rings. The molecule has 1 aliphatic rings. The molecule has 1 saturated carbocycles. The summed E-state index contributed by atoms with van der Waals surface area (Å²) in [5.74, 6) is 0.457. The molecule has 0 aliphatic heterocycles. The largest absolute Gasteiger partial charge is 0.393 e. The lowest BCUT2D eigenvalue weighted by atomic mass is 10.1. The van der Waals surface area contributed by atoms with Gasteiger partial charge in [-0.05, 0) is 37.4 Å². The van der Waals surface area contributed by atoms with Crippen LogP contribution < -0.4 is 0 Å². The Bertz CT molecular complexity index is 328. The van der Waals surface area contributed by atoms with Crippen molar-refractivity contribution >= 4 is 0 Å². The summed E-state index contributed by atoms with van der Waals surface area (Å²) in [7, 11) is 0. The van der Waals surface area contributed by atoms with Gasteiger partial charge >= 0.3 is 0 Å². The number of hydrogen-bond acceptors (Lipinski definition) is 3. The Morgan fingerprint density at radius 3 is 2.88 bits per heavy atom. The lowest BCUT2D eigenvalue weighted by Gasteiger charge is -2.25. The van der Waals surface area contributed by atoms with Crippen LogP contribution in [0.5, 0.6) is 0 Å². The summed E-state index contributed by atoms with van der Waals surface area (Å²) in [6.07, 6.45) is 5.07. The van der Waals surface area contributed by atoms with Crippen LogP contribution in [0.25, 0.3) is 0 Å². The first-order valence-electron chi connectivity index (χ1n) is 6.60. The van der Waals surface area contributed by atoms with Crippen LogP contribution >= 0.6 is 0 Å².